The highest BCUT2D eigenvalue weighted by atomic mass is 33.1. The van der Waals surface area contributed by atoms with E-state index in [1.807, 2.05) is 0 Å². The summed E-state index contributed by atoms with van der Waals surface area (Å²) in [5.41, 5.74) is 9.81. The van der Waals surface area contributed by atoms with Crippen LogP contribution in [0.4, 0.5) is 0 Å². The summed E-state index contributed by atoms with van der Waals surface area (Å²) in [5, 5.41) is 16.5. The molecule has 0 heterocycles. The zero-order valence-electron chi connectivity index (χ0n) is 8.92. The average Bonchev–Trinajstić information content (AvgIpc) is 2.23. The lowest BCUT2D eigenvalue weighted by atomic mass is 10.5. The van der Waals surface area contributed by atoms with Gasteiger partial charge < -0.3 is 21.7 Å². The van der Waals surface area contributed by atoms with E-state index in [1.54, 1.807) is 0 Å². The molecule has 16 heavy (non-hydrogen) atoms. The second-order valence-corrected chi connectivity index (χ2v) is 5.21. The van der Waals surface area contributed by atoms with E-state index >= 15 is 0 Å². The van der Waals surface area contributed by atoms with Crippen LogP contribution in [0.15, 0.2) is 0 Å². The molecular formula is C8H18N2O4S2. The molecule has 0 aromatic rings. The summed E-state index contributed by atoms with van der Waals surface area (Å²) in [6.07, 6.45) is 0.259. The topological polar surface area (TPSA) is 127 Å². The molecule has 0 atom stereocenters. The van der Waals surface area contributed by atoms with Crippen LogP contribution in [0.3, 0.4) is 0 Å². The first kappa shape index (κ1) is 17.9. The summed E-state index contributed by atoms with van der Waals surface area (Å²) in [6.45, 7) is 1.19. The van der Waals surface area contributed by atoms with Gasteiger partial charge in [0.2, 0.25) is 0 Å². The summed E-state index contributed by atoms with van der Waals surface area (Å²) in [7, 11) is 2.79. The molecule has 0 aliphatic heterocycles. The smallest absolute Gasteiger partial charge is 0.304 e. The van der Waals surface area contributed by atoms with Crippen molar-refractivity contribution in [2.24, 2.45) is 11.5 Å². The number of hydrogen-bond donors (Lipinski definition) is 4. The molecule has 96 valence electrons. The van der Waals surface area contributed by atoms with Gasteiger partial charge in [0.25, 0.3) is 0 Å². The lowest BCUT2D eigenvalue weighted by molar-refractivity contribution is -0.137. The van der Waals surface area contributed by atoms with Gasteiger partial charge in [-0.3, -0.25) is 9.59 Å². The van der Waals surface area contributed by atoms with Crippen molar-refractivity contribution in [3.05, 3.63) is 0 Å². The first-order valence-electron chi connectivity index (χ1n) is 4.62. The number of hydrogen-bond acceptors (Lipinski definition) is 6. The third-order valence-electron chi connectivity index (χ3n) is 1.05. The van der Waals surface area contributed by atoms with E-state index in [9.17, 15) is 9.59 Å². The van der Waals surface area contributed by atoms with E-state index < -0.39 is 11.9 Å². The second kappa shape index (κ2) is 14.6. The van der Waals surface area contributed by atoms with Gasteiger partial charge in [-0.05, 0) is 0 Å². The number of carboxylic acid groups (broad SMARTS) is 2. The fourth-order valence-electron chi connectivity index (χ4n) is 0.376. The molecule has 0 aliphatic carbocycles. The number of carbonyl (C=O) groups is 2. The quantitative estimate of drug-likeness (QED) is 0.364. The van der Waals surface area contributed by atoms with Crippen molar-refractivity contribution in [3.63, 3.8) is 0 Å². The van der Waals surface area contributed by atoms with Crippen LogP contribution in [-0.2, 0) is 9.59 Å². The molecule has 0 amide bonds. The van der Waals surface area contributed by atoms with E-state index in [4.69, 9.17) is 21.7 Å². The molecule has 0 rings (SSSR count). The highest BCUT2D eigenvalue weighted by Crippen LogP contribution is 2.22. The summed E-state index contributed by atoms with van der Waals surface area (Å²) >= 11 is 0. The number of aliphatic carboxylic acids is 2. The molecule has 0 saturated carbocycles. The molecule has 0 spiro atoms. The van der Waals surface area contributed by atoms with Gasteiger partial charge in [0.15, 0.2) is 0 Å². The Hall–Kier alpha value is -0.440. The molecule has 0 bridgehead atoms. The maximum atomic E-state index is 10.0. The zero-order chi connectivity index (χ0) is 12.8. The fraction of sp³-hybridized carbons (Fsp3) is 0.750. The molecule has 0 fully saturated rings. The van der Waals surface area contributed by atoms with Crippen LogP contribution >= 0.6 is 21.6 Å². The van der Waals surface area contributed by atoms with Gasteiger partial charge in [-0.25, -0.2) is 0 Å². The minimum atomic E-state index is -0.818. The molecule has 0 saturated heterocycles. The summed E-state index contributed by atoms with van der Waals surface area (Å²) in [6, 6.07) is 0. The average molecular weight is 270 g/mol. The van der Waals surface area contributed by atoms with Gasteiger partial charge in [0.1, 0.15) is 0 Å². The van der Waals surface area contributed by atoms with Crippen molar-refractivity contribution in [1.82, 2.24) is 0 Å². The van der Waals surface area contributed by atoms with Gasteiger partial charge in [-0.2, -0.15) is 0 Å². The Bertz CT molecular complexity index is 173. The van der Waals surface area contributed by atoms with Crippen LogP contribution in [0.1, 0.15) is 12.8 Å². The molecule has 6 nitrogen and oxygen atoms in total. The van der Waals surface area contributed by atoms with Crippen molar-refractivity contribution >= 4 is 33.5 Å². The van der Waals surface area contributed by atoms with E-state index in [-0.39, 0.29) is 12.8 Å². The van der Waals surface area contributed by atoms with Gasteiger partial charge in [0.05, 0.1) is 12.8 Å². The first-order valence-corrected chi connectivity index (χ1v) is 7.11. The first-order chi connectivity index (χ1) is 7.54. The van der Waals surface area contributed by atoms with Crippen LogP contribution in [0.2, 0.25) is 0 Å². The Kier molecular flexibility index (Phi) is 16.3. The predicted molar refractivity (Wildman–Crippen MR) is 67.5 cm³/mol. The monoisotopic (exact) mass is 270 g/mol. The molecule has 0 aromatic heterocycles. The largest absolute Gasteiger partial charge is 0.481 e. The minimum Gasteiger partial charge on any atom is -0.481 e. The molecule has 8 heteroatoms. The van der Waals surface area contributed by atoms with Gasteiger partial charge in [-0.15, -0.1) is 0 Å². The predicted octanol–water partition coefficient (Wildman–Crippen LogP) is 0.221. The van der Waals surface area contributed by atoms with Crippen molar-refractivity contribution in [2.45, 2.75) is 12.8 Å². The Morgan fingerprint density at radius 2 is 1.19 bits per heavy atom. The number of nitrogens with two attached hydrogens (primary N) is 2. The van der Waals surface area contributed by atoms with Gasteiger partial charge in [0, 0.05) is 24.6 Å². The second-order valence-electron chi connectivity index (χ2n) is 2.51. The maximum Gasteiger partial charge on any atom is 0.304 e. The van der Waals surface area contributed by atoms with E-state index in [1.165, 1.54) is 21.6 Å². The maximum absolute atomic E-state index is 10.0. The summed E-state index contributed by atoms with van der Waals surface area (Å²) in [4.78, 5) is 20.0. The highest BCUT2D eigenvalue weighted by molar-refractivity contribution is 8.76. The standard InChI is InChI=1S/C6H10O4S2.C2H8N2/c7-5(8)1-3-11-12-4-2-6(9)10;3-1-2-4/h1-4H2,(H,7,8)(H,9,10);1-4H2. The Balaban J connectivity index is 0. The van der Waals surface area contributed by atoms with E-state index in [0.29, 0.717) is 24.6 Å². The van der Waals surface area contributed by atoms with Crippen LogP contribution < -0.4 is 11.5 Å². The van der Waals surface area contributed by atoms with Crippen molar-refractivity contribution < 1.29 is 19.8 Å². The summed E-state index contributed by atoms with van der Waals surface area (Å²) in [5.74, 6) is -0.582. The third kappa shape index (κ3) is 23.4. The normalized spacial score (nSPS) is 9.12. The Morgan fingerprint density at radius 3 is 1.38 bits per heavy atom. The minimum absolute atomic E-state index is 0.130. The molecule has 0 aromatic carbocycles. The SMILES string of the molecule is NCCN.O=C(O)CCSSCCC(=O)O. The summed E-state index contributed by atoms with van der Waals surface area (Å²) < 4.78 is 0. The van der Waals surface area contributed by atoms with Gasteiger partial charge in [-0.1, -0.05) is 21.6 Å². The molecule has 0 aliphatic rings. The van der Waals surface area contributed by atoms with Crippen LogP contribution in [0.25, 0.3) is 0 Å². The van der Waals surface area contributed by atoms with Crippen LogP contribution in [0, 0.1) is 0 Å². The fourth-order valence-corrected chi connectivity index (χ4v) is 2.33. The van der Waals surface area contributed by atoms with Crippen LogP contribution in [0.5, 0.6) is 0 Å². The van der Waals surface area contributed by atoms with E-state index in [2.05, 4.69) is 0 Å². The van der Waals surface area contributed by atoms with Gasteiger partial charge >= 0.3 is 11.9 Å². The van der Waals surface area contributed by atoms with Crippen molar-refractivity contribution in [1.29, 1.82) is 0 Å². The van der Waals surface area contributed by atoms with Crippen LogP contribution in [-0.4, -0.2) is 46.7 Å². The molecular weight excluding hydrogens is 252 g/mol. The van der Waals surface area contributed by atoms with E-state index in [0.717, 1.165) is 0 Å². The highest BCUT2D eigenvalue weighted by Gasteiger charge is 1.99. The Morgan fingerprint density at radius 1 is 0.875 bits per heavy atom. The van der Waals surface area contributed by atoms with Crippen molar-refractivity contribution in [2.75, 3.05) is 24.6 Å². The number of rotatable bonds is 8. The third-order valence-corrected chi connectivity index (χ3v) is 3.46. The lowest BCUT2D eigenvalue weighted by Gasteiger charge is -1.95. The van der Waals surface area contributed by atoms with Crippen molar-refractivity contribution in [3.8, 4) is 0 Å². The zero-order valence-corrected chi connectivity index (χ0v) is 10.6. The Labute approximate surface area is 103 Å². The molecule has 6 N–H and O–H groups in total. The molecule has 0 radical (unpaired) electrons. The molecule has 0 unspecified atom stereocenters. The number of carboxylic acids is 2. The lowest BCUT2D eigenvalue weighted by Crippen LogP contribution is -2.11.